The second kappa shape index (κ2) is 5.16. The number of nitrogens with one attached hydrogen (secondary N) is 1. The van der Waals surface area contributed by atoms with E-state index in [1.54, 1.807) is 6.92 Å². The van der Waals surface area contributed by atoms with Gasteiger partial charge in [-0.05, 0) is 6.08 Å². The Morgan fingerprint density at radius 1 is 1.75 bits per heavy atom. The van der Waals surface area contributed by atoms with Crippen LogP contribution in [0.15, 0.2) is 18.4 Å². The van der Waals surface area contributed by atoms with Gasteiger partial charge in [0.1, 0.15) is 6.04 Å². The number of carboxylic acid groups (broad SMARTS) is 1. The molecule has 66 valence electrons. The average molecular weight is 169 g/mol. The van der Waals surface area contributed by atoms with E-state index >= 15 is 0 Å². The largest absolute Gasteiger partial charge is 0.480 e. The van der Waals surface area contributed by atoms with E-state index in [9.17, 15) is 9.59 Å². The maximum atomic E-state index is 10.5. The normalized spacial score (nSPS) is 13.8. The van der Waals surface area contributed by atoms with E-state index in [4.69, 9.17) is 5.11 Å². The summed E-state index contributed by atoms with van der Waals surface area (Å²) in [5, 5.41) is 10.8. The van der Waals surface area contributed by atoms with Crippen molar-refractivity contribution in [2.24, 2.45) is 5.92 Å². The van der Waals surface area contributed by atoms with E-state index in [1.807, 2.05) is 0 Å². The van der Waals surface area contributed by atoms with E-state index in [0.717, 1.165) is 0 Å². The third kappa shape index (κ3) is 3.03. The molecule has 0 aromatic heterocycles. The van der Waals surface area contributed by atoms with Crippen LogP contribution in [-0.4, -0.2) is 23.5 Å². The molecule has 0 aromatic rings. The van der Waals surface area contributed by atoms with Gasteiger partial charge >= 0.3 is 5.97 Å². The molecule has 0 fully saturated rings. The molecule has 0 spiro atoms. The van der Waals surface area contributed by atoms with Crippen LogP contribution < -0.4 is 5.32 Å². The number of aliphatic carboxylic acids is 1. The number of rotatable bonds is 5. The van der Waals surface area contributed by atoms with E-state index < -0.39 is 12.0 Å². The lowest BCUT2D eigenvalue weighted by atomic mass is 10.0. The zero-order chi connectivity index (χ0) is 9.56. The first-order valence-corrected chi connectivity index (χ1v) is 3.42. The van der Waals surface area contributed by atoms with Gasteiger partial charge in [-0.15, -0.1) is 5.73 Å². The molecule has 0 aliphatic rings. The van der Waals surface area contributed by atoms with Gasteiger partial charge in [-0.2, -0.15) is 0 Å². The Morgan fingerprint density at radius 3 is 2.67 bits per heavy atom. The van der Waals surface area contributed by atoms with Crippen LogP contribution in [0.3, 0.4) is 0 Å². The number of hydrogen-bond acceptors (Lipinski definition) is 2. The predicted octanol–water partition coefficient (Wildman–Crippen LogP) is 0.163. The van der Waals surface area contributed by atoms with Gasteiger partial charge in [-0.3, -0.25) is 4.79 Å². The summed E-state index contributed by atoms with van der Waals surface area (Å²) in [5.74, 6) is -1.38. The number of hydrogen-bond donors (Lipinski definition) is 2. The molecule has 2 N–H and O–H groups in total. The molecule has 0 bridgehead atoms. The monoisotopic (exact) mass is 169 g/mol. The summed E-state index contributed by atoms with van der Waals surface area (Å²) in [6, 6.07) is -0.906. The second-order valence-corrected chi connectivity index (χ2v) is 2.33. The Bertz CT molecular complexity index is 218. The molecule has 0 saturated heterocycles. The maximum Gasteiger partial charge on any atom is 0.326 e. The fourth-order valence-corrected chi connectivity index (χ4v) is 0.803. The molecule has 2 atom stereocenters. The zero-order valence-corrected chi connectivity index (χ0v) is 6.78. The fraction of sp³-hybridized carbons (Fsp3) is 0.375. The molecule has 12 heavy (non-hydrogen) atoms. The van der Waals surface area contributed by atoms with Crippen LogP contribution in [0.2, 0.25) is 0 Å². The molecule has 2 unspecified atom stereocenters. The molecule has 4 nitrogen and oxygen atoms in total. The summed E-state index contributed by atoms with van der Waals surface area (Å²) < 4.78 is 0. The zero-order valence-electron chi connectivity index (χ0n) is 6.78. The summed E-state index contributed by atoms with van der Waals surface area (Å²) in [6.45, 7) is 4.97. The number of carbonyl (C=O) groups excluding carboxylic acids is 1. The minimum atomic E-state index is -1.07. The SMILES string of the molecule is C=C=CC(C)C(NC=O)C(=O)O. The van der Waals surface area contributed by atoms with Crippen molar-refractivity contribution in [3.63, 3.8) is 0 Å². The molecule has 0 heterocycles. The van der Waals surface area contributed by atoms with Crippen LogP contribution in [0.1, 0.15) is 6.92 Å². The lowest BCUT2D eigenvalue weighted by molar-refractivity contribution is -0.141. The fourth-order valence-electron chi connectivity index (χ4n) is 0.803. The van der Waals surface area contributed by atoms with E-state index in [-0.39, 0.29) is 5.92 Å². The highest BCUT2D eigenvalue weighted by Gasteiger charge is 2.21. The van der Waals surface area contributed by atoms with Gasteiger partial charge < -0.3 is 10.4 Å². The van der Waals surface area contributed by atoms with Crippen LogP contribution in [0.25, 0.3) is 0 Å². The molecule has 0 radical (unpaired) electrons. The van der Waals surface area contributed by atoms with Gasteiger partial charge in [0.25, 0.3) is 0 Å². The highest BCUT2D eigenvalue weighted by Crippen LogP contribution is 2.03. The summed E-state index contributed by atoms with van der Waals surface area (Å²) in [5.41, 5.74) is 2.47. The molecule has 0 aliphatic carbocycles. The maximum absolute atomic E-state index is 10.5. The Hall–Kier alpha value is -1.54. The van der Waals surface area contributed by atoms with Gasteiger partial charge in [-0.25, -0.2) is 4.79 Å². The van der Waals surface area contributed by atoms with Gasteiger partial charge in [-0.1, -0.05) is 13.5 Å². The molecule has 1 amide bonds. The minimum Gasteiger partial charge on any atom is -0.480 e. The summed E-state index contributed by atoms with van der Waals surface area (Å²) in [7, 11) is 0. The van der Waals surface area contributed by atoms with Crippen LogP contribution >= 0.6 is 0 Å². The van der Waals surface area contributed by atoms with Crippen LogP contribution in [0.5, 0.6) is 0 Å². The number of amides is 1. The average Bonchev–Trinajstić information content (AvgIpc) is 1.99. The van der Waals surface area contributed by atoms with Crippen molar-refractivity contribution in [1.29, 1.82) is 0 Å². The standard InChI is InChI=1S/C8H11NO3/c1-3-4-6(2)7(8(11)12)9-5-10/h4-7H,1H2,2H3,(H,9,10)(H,11,12). The lowest BCUT2D eigenvalue weighted by Gasteiger charge is -2.14. The van der Waals surface area contributed by atoms with E-state index in [2.05, 4.69) is 17.6 Å². The van der Waals surface area contributed by atoms with Gasteiger partial charge in [0, 0.05) is 5.92 Å². The van der Waals surface area contributed by atoms with Gasteiger partial charge in [0.15, 0.2) is 0 Å². The van der Waals surface area contributed by atoms with E-state index in [1.165, 1.54) is 6.08 Å². The first-order chi connectivity index (χ1) is 5.63. The van der Waals surface area contributed by atoms with Crippen LogP contribution in [0.4, 0.5) is 0 Å². The predicted molar refractivity (Wildman–Crippen MR) is 43.5 cm³/mol. The molecule has 0 saturated carbocycles. The molecule has 0 aromatic carbocycles. The third-order valence-corrected chi connectivity index (χ3v) is 1.42. The highest BCUT2D eigenvalue weighted by molar-refractivity contribution is 5.76. The number of carboxylic acids is 1. The molecular formula is C8H11NO3. The van der Waals surface area contributed by atoms with Crippen LogP contribution in [-0.2, 0) is 9.59 Å². The minimum absolute atomic E-state index is 0.315. The Kier molecular flexibility index (Phi) is 4.49. The molecular weight excluding hydrogens is 158 g/mol. The quantitative estimate of drug-likeness (QED) is 0.455. The van der Waals surface area contributed by atoms with E-state index in [0.29, 0.717) is 6.41 Å². The van der Waals surface area contributed by atoms with Crippen molar-refractivity contribution in [1.82, 2.24) is 5.32 Å². The van der Waals surface area contributed by atoms with Gasteiger partial charge in [0.2, 0.25) is 6.41 Å². The van der Waals surface area contributed by atoms with Crippen LogP contribution in [0, 0.1) is 5.92 Å². The summed E-state index contributed by atoms with van der Waals surface area (Å²) in [6.07, 6.45) is 1.86. The topological polar surface area (TPSA) is 66.4 Å². The smallest absolute Gasteiger partial charge is 0.326 e. The lowest BCUT2D eigenvalue weighted by Crippen LogP contribution is -2.40. The number of carbonyl (C=O) groups is 2. The summed E-state index contributed by atoms with van der Waals surface area (Å²) in [4.78, 5) is 20.5. The van der Waals surface area contributed by atoms with Crippen molar-refractivity contribution in [2.45, 2.75) is 13.0 Å². The Labute approximate surface area is 70.6 Å². The summed E-state index contributed by atoms with van der Waals surface area (Å²) >= 11 is 0. The van der Waals surface area contributed by atoms with Crippen molar-refractivity contribution in [3.8, 4) is 0 Å². The first-order valence-electron chi connectivity index (χ1n) is 3.42. The molecule has 4 heteroatoms. The van der Waals surface area contributed by atoms with Gasteiger partial charge in [0.05, 0.1) is 0 Å². The van der Waals surface area contributed by atoms with Crippen molar-refractivity contribution in [3.05, 3.63) is 18.4 Å². The van der Waals surface area contributed by atoms with Crippen molar-refractivity contribution < 1.29 is 14.7 Å². The Morgan fingerprint density at radius 2 is 2.33 bits per heavy atom. The van der Waals surface area contributed by atoms with Crippen molar-refractivity contribution >= 4 is 12.4 Å². The first kappa shape index (κ1) is 10.5. The van der Waals surface area contributed by atoms with Crippen molar-refractivity contribution in [2.75, 3.05) is 0 Å². The second-order valence-electron chi connectivity index (χ2n) is 2.33. The molecule has 0 aliphatic heterocycles. The highest BCUT2D eigenvalue weighted by atomic mass is 16.4. The third-order valence-electron chi connectivity index (χ3n) is 1.42. The molecule has 0 rings (SSSR count). The Balaban J connectivity index is 4.37.